The third-order valence-electron chi connectivity index (χ3n) is 5.07. The van der Waals surface area contributed by atoms with Crippen LogP contribution in [0.1, 0.15) is 24.8 Å². The molecule has 147 valence electrons. The summed E-state index contributed by atoms with van der Waals surface area (Å²) in [5.41, 5.74) is 0.955. The van der Waals surface area contributed by atoms with Gasteiger partial charge in [-0.25, -0.2) is 0 Å². The van der Waals surface area contributed by atoms with Gasteiger partial charge < -0.3 is 20.6 Å². The Balaban J connectivity index is 0.00000261. The second-order valence-corrected chi connectivity index (χ2v) is 8.02. The summed E-state index contributed by atoms with van der Waals surface area (Å²) in [6, 6.07) is 5.13. The Morgan fingerprint density at radius 2 is 1.96 bits per heavy atom. The fourth-order valence-electron chi connectivity index (χ4n) is 3.24. The van der Waals surface area contributed by atoms with Gasteiger partial charge in [0.2, 0.25) is 5.91 Å². The summed E-state index contributed by atoms with van der Waals surface area (Å²) in [5.74, 6) is 0.160. The van der Waals surface area contributed by atoms with Gasteiger partial charge in [0.1, 0.15) is 0 Å². The van der Waals surface area contributed by atoms with Gasteiger partial charge in [0.05, 0.1) is 22.2 Å². The number of hydrogen-bond acceptors (Lipinski definition) is 3. The number of nitrogens with one attached hydrogen (secondary N) is 1. The second kappa shape index (κ2) is 11.7. The standard InChI is InChI=1S/C19H26Cl2N3O2.Ac/c20-15-4-1-13(11-16(15)21)12-17(23-19(26)14-2-3-14)18(25)5-8-24-9-6-22-7-10-24;/h1,4,11,14,17-18,25H,2-3,5-10,12H2,(H,23,26);/q-1;. The smallest absolute Gasteiger partial charge is 0.223 e. The minimum absolute atomic E-state index is 0. The molecule has 0 bridgehead atoms. The van der Waals surface area contributed by atoms with Crippen LogP contribution in [0.25, 0.3) is 5.32 Å². The summed E-state index contributed by atoms with van der Waals surface area (Å²) < 4.78 is 0. The summed E-state index contributed by atoms with van der Waals surface area (Å²) in [6.45, 7) is 4.42. The molecule has 1 aliphatic heterocycles. The number of carbonyl (C=O) groups excluding carboxylic acids is 1. The molecule has 3 rings (SSSR count). The van der Waals surface area contributed by atoms with E-state index >= 15 is 0 Å². The van der Waals surface area contributed by atoms with E-state index in [0.717, 1.165) is 51.1 Å². The third kappa shape index (κ3) is 7.74. The van der Waals surface area contributed by atoms with Crippen molar-refractivity contribution >= 4 is 29.1 Å². The average Bonchev–Trinajstić information content (AvgIpc) is 3.48. The number of rotatable bonds is 8. The van der Waals surface area contributed by atoms with Crippen LogP contribution >= 0.6 is 23.2 Å². The molecule has 0 aromatic heterocycles. The van der Waals surface area contributed by atoms with Crippen molar-refractivity contribution in [1.82, 2.24) is 10.2 Å². The molecule has 1 heterocycles. The predicted octanol–water partition coefficient (Wildman–Crippen LogP) is 2.87. The van der Waals surface area contributed by atoms with Gasteiger partial charge in [-0.15, -0.1) is 13.1 Å². The van der Waals surface area contributed by atoms with E-state index in [4.69, 9.17) is 23.2 Å². The van der Waals surface area contributed by atoms with Crippen LogP contribution in [-0.2, 0) is 11.2 Å². The number of aliphatic hydroxyl groups is 1. The molecule has 1 aromatic rings. The third-order valence-corrected chi connectivity index (χ3v) is 5.81. The van der Waals surface area contributed by atoms with E-state index in [1.165, 1.54) is 0 Å². The molecule has 2 atom stereocenters. The zero-order valence-electron chi connectivity index (χ0n) is 15.4. The molecule has 0 spiro atoms. The van der Waals surface area contributed by atoms with Gasteiger partial charge in [-0.2, -0.15) is 0 Å². The predicted molar refractivity (Wildman–Crippen MR) is 105 cm³/mol. The first-order chi connectivity index (χ1) is 12.5. The Morgan fingerprint density at radius 1 is 1.26 bits per heavy atom. The number of aliphatic hydroxyl groups excluding tert-OH is 1. The minimum atomic E-state index is -0.606. The number of carbonyl (C=O) groups is 1. The topological polar surface area (TPSA) is 66.7 Å². The van der Waals surface area contributed by atoms with Crippen LogP contribution in [0.3, 0.4) is 0 Å². The number of halogens is 2. The SMILES string of the molecule is O=C(NC(Cc1ccc(Cl)c(Cl)c1)C(O)CCN1CC[N-]CC1)C1CC1.[Ac]. The summed E-state index contributed by atoms with van der Waals surface area (Å²) in [7, 11) is 0. The Hall–Kier alpha value is 0.592. The van der Waals surface area contributed by atoms with Crippen LogP contribution in [0, 0.1) is 50.0 Å². The summed E-state index contributed by atoms with van der Waals surface area (Å²) in [6.07, 6.45) is 2.44. The van der Waals surface area contributed by atoms with Crippen LogP contribution in [-0.4, -0.2) is 60.8 Å². The van der Waals surface area contributed by atoms with Crippen molar-refractivity contribution in [2.45, 2.75) is 37.8 Å². The van der Waals surface area contributed by atoms with Crippen molar-refractivity contribution < 1.29 is 54.0 Å². The summed E-state index contributed by atoms with van der Waals surface area (Å²) >= 11 is 12.1. The first-order valence-corrected chi connectivity index (χ1v) is 10.1. The molecule has 2 aliphatic rings. The number of amides is 1. The quantitative estimate of drug-likeness (QED) is 0.467. The van der Waals surface area contributed by atoms with E-state index < -0.39 is 6.10 Å². The fourth-order valence-corrected chi connectivity index (χ4v) is 3.56. The molecule has 8 heteroatoms. The molecule has 1 saturated heterocycles. The summed E-state index contributed by atoms with van der Waals surface area (Å²) in [4.78, 5) is 14.6. The maximum atomic E-state index is 12.2. The zero-order valence-corrected chi connectivity index (χ0v) is 21.7. The number of piperazine rings is 1. The van der Waals surface area contributed by atoms with Gasteiger partial charge in [0.15, 0.2) is 0 Å². The molecular weight excluding hydrogens is 600 g/mol. The minimum Gasteiger partial charge on any atom is -0.660 e. The van der Waals surface area contributed by atoms with Crippen molar-refractivity contribution in [3.05, 3.63) is 39.1 Å². The van der Waals surface area contributed by atoms with Crippen molar-refractivity contribution in [2.24, 2.45) is 5.92 Å². The van der Waals surface area contributed by atoms with E-state index in [1.807, 2.05) is 6.07 Å². The Bertz CT molecular complexity index is 625. The molecule has 27 heavy (non-hydrogen) atoms. The van der Waals surface area contributed by atoms with Gasteiger partial charge in [0.25, 0.3) is 0 Å². The molecule has 2 fully saturated rings. The normalized spacial score (nSPS) is 19.8. The Morgan fingerprint density at radius 3 is 2.59 bits per heavy atom. The summed E-state index contributed by atoms with van der Waals surface area (Å²) in [5, 5.41) is 19.1. The molecule has 2 N–H and O–H groups in total. The Kier molecular flexibility index (Phi) is 10.3. The monoisotopic (exact) mass is 625 g/mol. The van der Waals surface area contributed by atoms with Gasteiger partial charge in [-0.3, -0.25) is 4.79 Å². The molecule has 1 saturated carbocycles. The second-order valence-electron chi connectivity index (χ2n) is 7.21. The van der Waals surface area contributed by atoms with E-state index in [-0.39, 0.29) is 61.9 Å². The first-order valence-electron chi connectivity index (χ1n) is 9.31. The molecule has 2 unspecified atom stereocenters. The number of hydrogen-bond donors (Lipinski definition) is 2. The van der Waals surface area contributed by atoms with Gasteiger partial charge >= 0.3 is 0 Å². The fraction of sp³-hybridized carbons (Fsp3) is 0.632. The van der Waals surface area contributed by atoms with Crippen molar-refractivity contribution in [3.8, 4) is 0 Å². The Labute approximate surface area is 207 Å². The average molecular weight is 626 g/mol. The van der Waals surface area contributed by atoms with Gasteiger partial charge in [-0.05, 0) is 56.5 Å². The van der Waals surface area contributed by atoms with Crippen LogP contribution in [0.4, 0.5) is 0 Å². The van der Waals surface area contributed by atoms with E-state index in [1.54, 1.807) is 12.1 Å². The van der Waals surface area contributed by atoms with E-state index in [9.17, 15) is 9.90 Å². The zero-order chi connectivity index (χ0) is 18.5. The molecular formula is C19H26AcCl2N3O2-. The van der Waals surface area contributed by atoms with Crippen LogP contribution < -0.4 is 5.32 Å². The van der Waals surface area contributed by atoms with Crippen LogP contribution in [0.5, 0.6) is 0 Å². The van der Waals surface area contributed by atoms with Crippen LogP contribution in [0.15, 0.2) is 18.2 Å². The van der Waals surface area contributed by atoms with Crippen molar-refractivity contribution in [1.29, 1.82) is 0 Å². The molecule has 1 aliphatic carbocycles. The first kappa shape index (κ1) is 23.9. The van der Waals surface area contributed by atoms with Crippen molar-refractivity contribution in [2.75, 3.05) is 32.7 Å². The van der Waals surface area contributed by atoms with Crippen molar-refractivity contribution in [3.63, 3.8) is 0 Å². The molecule has 5 nitrogen and oxygen atoms in total. The molecule has 1 amide bonds. The maximum Gasteiger partial charge on any atom is 0.223 e. The van der Waals surface area contributed by atoms with Gasteiger partial charge in [0, 0.05) is 56.5 Å². The van der Waals surface area contributed by atoms with E-state index in [2.05, 4.69) is 15.5 Å². The molecule has 1 aromatic carbocycles. The van der Waals surface area contributed by atoms with Crippen LogP contribution in [0.2, 0.25) is 10.0 Å². The molecule has 1 radical (unpaired) electrons. The van der Waals surface area contributed by atoms with E-state index in [0.29, 0.717) is 22.9 Å². The largest absolute Gasteiger partial charge is 0.660 e. The number of nitrogens with zero attached hydrogens (tertiary/aromatic N) is 2. The maximum absolute atomic E-state index is 12.2. The van der Waals surface area contributed by atoms with Gasteiger partial charge in [-0.1, -0.05) is 29.3 Å². The number of benzene rings is 1.